The highest BCUT2D eigenvalue weighted by atomic mass is 19.3. The minimum absolute atomic E-state index is 0.334. The molecule has 0 aromatic rings. The second kappa shape index (κ2) is 4.24. The summed E-state index contributed by atoms with van der Waals surface area (Å²) in [5.74, 6) is 0.334. The number of hydrogen-bond acceptors (Lipinski definition) is 0. The van der Waals surface area contributed by atoms with Gasteiger partial charge in [0.2, 0.25) is 0 Å². The van der Waals surface area contributed by atoms with E-state index in [-0.39, 0.29) is 0 Å². The molecule has 9 heavy (non-hydrogen) atoms. The summed E-state index contributed by atoms with van der Waals surface area (Å²) in [6.07, 6.45) is 2.21. The lowest BCUT2D eigenvalue weighted by molar-refractivity contribution is 0.422. The average Bonchev–Trinajstić information content (AvgIpc) is 1.63. The lowest BCUT2D eigenvalue weighted by Crippen LogP contribution is -1.74. The van der Waals surface area contributed by atoms with E-state index in [0.29, 0.717) is 5.92 Å². The summed E-state index contributed by atoms with van der Waals surface area (Å²) in [6.45, 7) is 3.86. The van der Waals surface area contributed by atoms with E-state index in [1.807, 2.05) is 13.8 Å². The van der Waals surface area contributed by atoms with Crippen LogP contribution in [0.4, 0.5) is 8.78 Å². The molecule has 0 unspecified atom stereocenters. The summed E-state index contributed by atoms with van der Waals surface area (Å²) in [5, 5.41) is 0. The molecule has 0 fully saturated rings. The summed E-state index contributed by atoms with van der Waals surface area (Å²) >= 11 is 0. The Bertz CT molecular complexity index is 119. The highest BCUT2D eigenvalue weighted by Gasteiger charge is 1.83. The molecule has 0 aromatic carbocycles. The summed E-state index contributed by atoms with van der Waals surface area (Å²) in [4.78, 5) is 0. The predicted molar refractivity (Wildman–Crippen MR) is 34.3 cm³/mol. The Kier molecular flexibility index (Phi) is 3.93. The molecule has 0 nitrogen and oxygen atoms in total. The number of rotatable bonds is 2. The molecule has 52 valence electrons. The van der Waals surface area contributed by atoms with Crippen LogP contribution in [0.5, 0.6) is 0 Å². The van der Waals surface area contributed by atoms with E-state index in [4.69, 9.17) is 0 Å². The number of allylic oxidation sites excluding steroid dienone is 3. The van der Waals surface area contributed by atoms with Gasteiger partial charge in [0, 0.05) is 6.08 Å². The Morgan fingerprint density at radius 1 is 1.33 bits per heavy atom. The fourth-order valence-electron chi connectivity index (χ4n) is 0.351. The Morgan fingerprint density at radius 3 is 2.22 bits per heavy atom. The maximum Gasteiger partial charge on any atom is 0.270 e. The maximum atomic E-state index is 11.3. The van der Waals surface area contributed by atoms with Crippen molar-refractivity contribution in [3.63, 3.8) is 0 Å². The SMILES string of the molecule is CC(C)C=CC=C(F)F. The van der Waals surface area contributed by atoms with Crippen molar-refractivity contribution in [1.82, 2.24) is 0 Å². The molecule has 0 bridgehead atoms. The van der Waals surface area contributed by atoms with Crippen molar-refractivity contribution >= 4 is 0 Å². The minimum atomic E-state index is -1.65. The first-order valence-corrected chi connectivity index (χ1v) is 2.82. The van der Waals surface area contributed by atoms with Gasteiger partial charge >= 0.3 is 0 Å². The van der Waals surface area contributed by atoms with Gasteiger partial charge in [-0.25, -0.2) is 0 Å². The second-order valence-corrected chi connectivity index (χ2v) is 2.09. The normalized spacial score (nSPS) is 10.8. The Labute approximate surface area is 53.9 Å². The van der Waals surface area contributed by atoms with Crippen molar-refractivity contribution in [2.24, 2.45) is 5.92 Å². The largest absolute Gasteiger partial charge is 0.270 e. The van der Waals surface area contributed by atoms with Crippen molar-refractivity contribution in [2.75, 3.05) is 0 Å². The third-order valence-electron chi connectivity index (χ3n) is 0.718. The van der Waals surface area contributed by atoms with E-state index in [1.165, 1.54) is 6.08 Å². The molecule has 0 amide bonds. The van der Waals surface area contributed by atoms with E-state index in [2.05, 4.69) is 0 Å². The first-order valence-electron chi connectivity index (χ1n) is 2.82. The molecule has 0 saturated carbocycles. The van der Waals surface area contributed by atoms with Crippen LogP contribution in [0.25, 0.3) is 0 Å². The second-order valence-electron chi connectivity index (χ2n) is 2.09. The smallest absolute Gasteiger partial charge is 0.173 e. The van der Waals surface area contributed by atoms with E-state index < -0.39 is 6.08 Å². The van der Waals surface area contributed by atoms with E-state index in [1.54, 1.807) is 6.08 Å². The highest BCUT2D eigenvalue weighted by molar-refractivity contribution is 5.03. The molecular formula is C7H10F2. The quantitative estimate of drug-likeness (QED) is 0.506. The standard InChI is InChI=1S/C7H10F2/c1-6(2)4-3-5-7(8)9/h3-6H,1-2H3. The van der Waals surface area contributed by atoms with Crippen molar-refractivity contribution in [3.8, 4) is 0 Å². The first-order chi connectivity index (χ1) is 4.13. The maximum absolute atomic E-state index is 11.3. The van der Waals surface area contributed by atoms with Crippen molar-refractivity contribution in [3.05, 3.63) is 24.3 Å². The van der Waals surface area contributed by atoms with E-state index in [0.717, 1.165) is 6.08 Å². The molecule has 0 atom stereocenters. The molecule has 0 saturated heterocycles. The van der Waals surface area contributed by atoms with Gasteiger partial charge in [-0.3, -0.25) is 0 Å². The lowest BCUT2D eigenvalue weighted by atomic mass is 10.2. The van der Waals surface area contributed by atoms with Crippen LogP contribution in [0.2, 0.25) is 0 Å². The number of halogens is 2. The fourth-order valence-corrected chi connectivity index (χ4v) is 0.351. The third kappa shape index (κ3) is 7.34. The molecule has 0 aromatic heterocycles. The monoisotopic (exact) mass is 132 g/mol. The van der Waals surface area contributed by atoms with Gasteiger partial charge < -0.3 is 0 Å². The Morgan fingerprint density at radius 2 is 1.89 bits per heavy atom. The molecular weight excluding hydrogens is 122 g/mol. The van der Waals surface area contributed by atoms with Gasteiger partial charge in [0.15, 0.2) is 0 Å². The Balaban J connectivity index is 3.60. The summed E-state index contributed by atoms with van der Waals surface area (Å²) in [5.41, 5.74) is 0. The minimum Gasteiger partial charge on any atom is -0.173 e. The molecule has 0 aliphatic carbocycles. The van der Waals surface area contributed by atoms with Gasteiger partial charge in [0.25, 0.3) is 6.08 Å². The molecule has 0 N–H and O–H groups in total. The number of hydrogen-bond donors (Lipinski definition) is 0. The zero-order valence-corrected chi connectivity index (χ0v) is 5.57. The predicted octanol–water partition coefficient (Wildman–Crippen LogP) is 2.98. The van der Waals surface area contributed by atoms with Crippen LogP contribution >= 0.6 is 0 Å². The first kappa shape index (κ1) is 8.34. The third-order valence-corrected chi connectivity index (χ3v) is 0.718. The van der Waals surface area contributed by atoms with Gasteiger partial charge in [0.05, 0.1) is 0 Å². The van der Waals surface area contributed by atoms with Crippen LogP contribution in [0.3, 0.4) is 0 Å². The molecule has 0 radical (unpaired) electrons. The Hall–Kier alpha value is -0.660. The van der Waals surface area contributed by atoms with E-state index in [9.17, 15) is 8.78 Å². The van der Waals surface area contributed by atoms with Gasteiger partial charge in [-0.05, 0) is 5.92 Å². The van der Waals surface area contributed by atoms with Crippen molar-refractivity contribution in [2.45, 2.75) is 13.8 Å². The van der Waals surface area contributed by atoms with Gasteiger partial charge in [-0.2, -0.15) is 8.78 Å². The van der Waals surface area contributed by atoms with Crippen LogP contribution in [-0.4, -0.2) is 0 Å². The van der Waals surface area contributed by atoms with Crippen molar-refractivity contribution in [1.29, 1.82) is 0 Å². The average molecular weight is 132 g/mol. The van der Waals surface area contributed by atoms with E-state index >= 15 is 0 Å². The van der Waals surface area contributed by atoms with Crippen LogP contribution < -0.4 is 0 Å². The summed E-state index contributed by atoms with van der Waals surface area (Å²) in [7, 11) is 0. The summed E-state index contributed by atoms with van der Waals surface area (Å²) < 4.78 is 22.6. The van der Waals surface area contributed by atoms with Gasteiger partial charge in [0.1, 0.15) is 0 Å². The zero-order chi connectivity index (χ0) is 7.28. The zero-order valence-electron chi connectivity index (χ0n) is 5.57. The molecule has 0 rings (SSSR count). The van der Waals surface area contributed by atoms with Gasteiger partial charge in [-0.15, -0.1) is 0 Å². The molecule has 0 aliphatic rings. The van der Waals surface area contributed by atoms with Crippen LogP contribution in [-0.2, 0) is 0 Å². The van der Waals surface area contributed by atoms with Crippen LogP contribution in [0.15, 0.2) is 24.3 Å². The van der Waals surface area contributed by atoms with Crippen molar-refractivity contribution < 1.29 is 8.78 Å². The molecule has 0 spiro atoms. The fraction of sp³-hybridized carbons (Fsp3) is 0.429. The topological polar surface area (TPSA) is 0 Å². The van der Waals surface area contributed by atoms with Crippen LogP contribution in [0, 0.1) is 5.92 Å². The lowest BCUT2D eigenvalue weighted by Gasteiger charge is -1.88. The van der Waals surface area contributed by atoms with Crippen LogP contribution in [0.1, 0.15) is 13.8 Å². The molecule has 2 heteroatoms. The molecule has 0 aliphatic heterocycles. The highest BCUT2D eigenvalue weighted by Crippen LogP contribution is 1.98. The summed E-state index contributed by atoms with van der Waals surface area (Å²) in [6, 6.07) is 0. The van der Waals surface area contributed by atoms with Gasteiger partial charge in [-0.1, -0.05) is 26.0 Å². The molecule has 0 heterocycles.